The van der Waals surface area contributed by atoms with Crippen molar-refractivity contribution in [3.63, 3.8) is 0 Å². The molecule has 2 aromatic heterocycles. The number of ether oxygens (including phenoxy) is 1. The Labute approximate surface area is 252 Å². The van der Waals surface area contributed by atoms with E-state index in [0.717, 1.165) is 19.2 Å². The molecule has 2 aliphatic heterocycles. The van der Waals surface area contributed by atoms with Gasteiger partial charge in [0.1, 0.15) is 5.82 Å². The van der Waals surface area contributed by atoms with Crippen molar-refractivity contribution in [1.29, 1.82) is 0 Å². The number of aromatic nitrogens is 3. The van der Waals surface area contributed by atoms with Crippen LogP contribution in [0.1, 0.15) is 43.1 Å². The molecule has 236 valence electrons. The SMILES string of the molecule is CCN(C)C1CCN(c2cc(F)c(-c3cnc(N4CC(C)OC(C)C4)nc3)cc2NC(=O)c2c[nH]c(=O)cc2C(F)(F)F)C1. The Morgan fingerprint density at radius 2 is 1.80 bits per heavy atom. The standard InChI is InChI=1S/C30H35F4N7O3/c1-5-39(4)20-6-7-40(16-20)26-10-24(31)21(19-11-36-29(37-12-19)41-14-17(2)44-18(3)15-41)8-25(26)38-28(43)22-13-35-27(42)9-23(22)30(32,33)34/h8-13,17-18,20H,5-7,14-16H2,1-4H3,(H,35,42)(H,38,43). The summed E-state index contributed by atoms with van der Waals surface area (Å²) in [5.74, 6) is -1.24. The number of pyridine rings is 1. The second-order valence-electron chi connectivity index (χ2n) is 11.3. The van der Waals surface area contributed by atoms with Crippen molar-refractivity contribution in [3.05, 3.63) is 64.1 Å². The average molecular weight is 618 g/mol. The van der Waals surface area contributed by atoms with Crippen molar-refractivity contribution in [3.8, 4) is 11.1 Å². The molecule has 0 saturated carbocycles. The molecule has 3 aromatic rings. The Hall–Kier alpha value is -4.04. The van der Waals surface area contributed by atoms with Crippen LogP contribution in [0.3, 0.4) is 0 Å². The van der Waals surface area contributed by atoms with Gasteiger partial charge in [-0.15, -0.1) is 0 Å². The van der Waals surface area contributed by atoms with Crippen LogP contribution in [0.5, 0.6) is 0 Å². The maximum atomic E-state index is 15.8. The van der Waals surface area contributed by atoms with Crippen LogP contribution >= 0.6 is 0 Å². The molecule has 2 aliphatic rings. The van der Waals surface area contributed by atoms with Crippen LogP contribution in [-0.2, 0) is 10.9 Å². The third-order valence-corrected chi connectivity index (χ3v) is 8.09. The number of carbonyl (C=O) groups is 1. The van der Waals surface area contributed by atoms with Gasteiger partial charge in [-0.1, -0.05) is 6.92 Å². The van der Waals surface area contributed by atoms with E-state index in [0.29, 0.717) is 49.4 Å². The number of nitrogens with one attached hydrogen (secondary N) is 2. The van der Waals surface area contributed by atoms with Crippen LogP contribution in [0.2, 0.25) is 0 Å². The van der Waals surface area contributed by atoms with E-state index < -0.39 is 34.6 Å². The highest BCUT2D eigenvalue weighted by Crippen LogP contribution is 2.37. The van der Waals surface area contributed by atoms with E-state index in [1.165, 1.54) is 24.5 Å². The molecule has 10 nitrogen and oxygen atoms in total. The molecule has 0 spiro atoms. The zero-order chi connectivity index (χ0) is 31.8. The van der Waals surface area contributed by atoms with Gasteiger partial charge in [-0.25, -0.2) is 14.4 Å². The number of benzene rings is 1. The van der Waals surface area contributed by atoms with Crippen molar-refractivity contribution in [1.82, 2.24) is 19.9 Å². The van der Waals surface area contributed by atoms with Crippen LogP contribution < -0.4 is 20.7 Å². The van der Waals surface area contributed by atoms with Crippen LogP contribution in [0.25, 0.3) is 11.1 Å². The number of amides is 1. The summed E-state index contributed by atoms with van der Waals surface area (Å²) in [7, 11) is 1.98. The fourth-order valence-corrected chi connectivity index (χ4v) is 5.77. The summed E-state index contributed by atoms with van der Waals surface area (Å²) in [6.45, 7) is 9.02. The van der Waals surface area contributed by atoms with Crippen LogP contribution in [-0.4, -0.2) is 83.8 Å². The number of rotatable bonds is 7. The molecule has 14 heteroatoms. The minimum Gasteiger partial charge on any atom is -0.372 e. The first-order chi connectivity index (χ1) is 20.8. The van der Waals surface area contributed by atoms with Gasteiger partial charge in [0.25, 0.3) is 5.91 Å². The fourth-order valence-electron chi connectivity index (χ4n) is 5.77. The van der Waals surface area contributed by atoms with E-state index in [1.807, 2.05) is 37.6 Å². The Bertz CT molecular complexity index is 1550. The number of hydrogen-bond acceptors (Lipinski definition) is 8. The Balaban J connectivity index is 1.51. The van der Waals surface area contributed by atoms with E-state index in [9.17, 15) is 22.8 Å². The average Bonchev–Trinajstić information content (AvgIpc) is 3.47. The molecule has 44 heavy (non-hydrogen) atoms. The van der Waals surface area contributed by atoms with Gasteiger partial charge in [-0.3, -0.25) is 9.59 Å². The number of morpholine rings is 1. The number of anilines is 3. The van der Waals surface area contributed by atoms with E-state index in [4.69, 9.17) is 4.74 Å². The molecule has 1 aromatic carbocycles. The number of carbonyl (C=O) groups excluding carboxylic acids is 1. The number of halogens is 4. The summed E-state index contributed by atoms with van der Waals surface area (Å²) in [4.78, 5) is 42.0. The van der Waals surface area contributed by atoms with Crippen LogP contribution in [0.15, 0.2) is 41.6 Å². The molecule has 3 unspecified atom stereocenters. The van der Waals surface area contributed by atoms with E-state index >= 15 is 4.39 Å². The summed E-state index contributed by atoms with van der Waals surface area (Å²) in [5, 5.41) is 2.56. The van der Waals surface area contributed by atoms with Crippen LogP contribution in [0.4, 0.5) is 34.9 Å². The van der Waals surface area contributed by atoms with Gasteiger partial charge in [-0.05, 0) is 46.0 Å². The van der Waals surface area contributed by atoms with E-state index in [-0.39, 0.29) is 29.5 Å². The predicted molar refractivity (Wildman–Crippen MR) is 159 cm³/mol. The molecule has 0 radical (unpaired) electrons. The Kier molecular flexibility index (Phi) is 8.93. The maximum Gasteiger partial charge on any atom is 0.417 e. The predicted octanol–water partition coefficient (Wildman–Crippen LogP) is 4.39. The van der Waals surface area contributed by atoms with Gasteiger partial charge >= 0.3 is 6.18 Å². The zero-order valence-electron chi connectivity index (χ0n) is 24.9. The lowest BCUT2D eigenvalue weighted by Crippen LogP contribution is -2.46. The quantitative estimate of drug-likeness (QED) is 0.377. The summed E-state index contributed by atoms with van der Waals surface area (Å²) in [6.07, 6.45) is -0.508. The van der Waals surface area contributed by atoms with Crippen molar-refractivity contribution < 1.29 is 27.1 Å². The molecule has 3 atom stereocenters. The first kappa shape index (κ1) is 31.4. The van der Waals surface area contributed by atoms with E-state index in [2.05, 4.69) is 25.2 Å². The molecule has 2 fully saturated rings. The molecule has 0 aliphatic carbocycles. The first-order valence-corrected chi connectivity index (χ1v) is 14.5. The summed E-state index contributed by atoms with van der Waals surface area (Å²) in [5.41, 5.74) is -2.29. The molecular weight excluding hydrogens is 582 g/mol. The summed E-state index contributed by atoms with van der Waals surface area (Å²) >= 11 is 0. The van der Waals surface area contributed by atoms with Gasteiger partial charge in [0, 0.05) is 68.0 Å². The maximum absolute atomic E-state index is 15.8. The number of hydrogen-bond donors (Lipinski definition) is 2. The van der Waals surface area contributed by atoms with Crippen molar-refractivity contribution in [2.24, 2.45) is 0 Å². The normalized spacial score (nSPS) is 20.8. The monoisotopic (exact) mass is 617 g/mol. The zero-order valence-corrected chi connectivity index (χ0v) is 24.9. The highest BCUT2D eigenvalue weighted by molar-refractivity contribution is 6.07. The van der Waals surface area contributed by atoms with Gasteiger partial charge in [0.15, 0.2) is 0 Å². The second-order valence-corrected chi connectivity index (χ2v) is 11.3. The second kappa shape index (κ2) is 12.5. The van der Waals surface area contributed by atoms with Crippen molar-refractivity contribution >= 4 is 23.2 Å². The number of H-pyrrole nitrogens is 1. The highest BCUT2D eigenvalue weighted by atomic mass is 19.4. The number of alkyl halides is 3. The number of likely N-dealkylation sites (N-methyl/N-ethyl adjacent to an activating group) is 1. The number of nitrogens with zero attached hydrogens (tertiary/aromatic N) is 5. The highest BCUT2D eigenvalue weighted by Gasteiger charge is 2.36. The minimum atomic E-state index is -4.94. The van der Waals surface area contributed by atoms with Crippen molar-refractivity contribution in [2.45, 2.75) is 51.6 Å². The molecular formula is C30H35F4N7O3. The summed E-state index contributed by atoms with van der Waals surface area (Å²) in [6, 6.07) is 3.17. The summed E-state index contributed by atoms with van der Waals surface area (Å²) < 4.78 is 62.7. The molecule has 0 bridgehead atoms. The molecule has 5 rings (SSSR count). The van der Waals surface area contributed by atoms with E-state index in [1.54, 1.807) is 0 Å². The van der Waals surface area contributed by atoms with Crippen LogP contribution in [0, 0.1) is 5.82 Å². The largest absolute Gasteiger partial charge is 0.417 e. The van der Waals surface area contributed by atoms with Gasteiger partial charge in [-0.2, -0.15) is 13.2 Å². The molecule has 2 saturated heterocycles. The molecule has 2 N–H and O–H groups in total. The lowest BCUT2D eigenvalue weighted by atomic mass is 10.0. The fraction of sp³-hybridized carbons (Fsp3) is 0.467. The lowest BCUT2D eigenvalue weighted by Gasteiger charge is -2.35. The lowest BCUT2D eigenvalue weighted by molar-refractivity contribution is -0.138. The first-order valence-electron chi connectivity index (χ1n) is 14.5. The molecule has 1 amide bonds. The Morgan fingerprint density at radius 1 is 1.11 bits per heavy atom. The number of aromatic amines is 1. The minimum absolute atomic E-state index is 0.0132. The molecule has 4 heterocycles. The Morgan fingerprint density at radius 3 is 2.43 bits per heavy atom. The van der Waals surface area contributed by atoms with Gasteiger partial charge in [0.2, 0.25) is 11.5 Å². The van der Waals surface area contributed by atoms with Crippen molar-refractivity contribution in [2.75, 3.05) is 54.9 Å². The van der Waals surface area contributed by atoms with Gasteiger partial charge < -0.3 is 29.7 Å². The smallest absolute Gasteiger partial charge is 0.372 e. The third kappa shape index (κ3) is 6.70. The van der Waals surface area contributed by atoms with Gasteiger partial charge in [0.05, 0.1) is 34.7 Å². The topological polar surface area (TPSA) is 107 Å². The third-order valence-electron chi connectivity index (χ3n) is 8.09.